The van der Waals surface area contributed by atoms with E-state index < -0.39 is 0 Å². The summed E-state index contributed by atoms with van der Waals surface area (Å²) in [5.41, 5.74) is 8.87. The van der Waals surface area contributed by atoms with Gasteiger partial charge < -0.3 is 4.42 Å². The minimum Gasteiger partial charge on any atom is -0.438 e. The lowest BCUT2D eigenvalue weighted by Gasteiger charge is -2.25. The van der Waals surface area contributed by atoms with Gasteiger partial charge in [-0.05, 0) is 69.5 Å². The first-order valence-corrected chi connectivity index (χ1v) is 12.3. The van der Waals surface area contributed by atoms with Gasteiger partial charge in [0.25, 0.3) is 0 Å². The van der Waals surface area contributed by atoms with Gasteiger partial charge in [0.15, 0.2) is 0 Å². The van der Waals surface area contributed by atoms with Gasteiger partial charge in [0.05, 0.1) is 5.69 Å². The van der Waals surface area contributed by atoms with E-state index in [-0.39, 0.29) is 10.8 Å². The van der Waals surface area contributed by atoms with E-state index in [0.29, 0.717) is 5.71 Å². The van der Waals surface area contributed by atoms with Crippen LogP contribution in [0.1, 0.15) is 52.7 Å². The molecule has 2 heteroatoms. The maximum atomic E-state index is 6.36. The van der Waals surface area contributed by atoms with Crippen molar-refractivity contribution in [1.29, 1.82) is 0 Å². The second kappa shape index (κ2) is 8.53. The zero-order valence-electron chi connectivity index (χ0n) is 21.5. The Morgan fingerprint density at radius 1 is 0.543 bits per heavy atom. The summed E-state index contributed by atoms with van der Waals surface area (Å²) in [4.78, 5) is 4.90. The predicted molar refractivity (Wildman–Crippen MR) is 148 cm³/mol. The average Bonchev–Trinajstić information content (AvgIpc) is 3.27. The largest absolute Gasteiger partial charge is 0.438 e. The molecule has 0 aliphatic rings. The summed E-state index contributed by atoms with van der Waals surface area (Å²) in [5.74, 6) is 0.860. The van der Waals surface area contributed by atoms with Gasteiger partial charge in [-0.25, -0.2) is 4.98 Å². The van der Waals surface area contributed by atoms with Crippen molar-refractivity contribution < 1.29 is 4.42 Å². The molecule has 2 aromatic heterocycles. The predicted octanol–water partition coefficient (Wildman–Crippen LogP) is 9.42. The summed E-state index contributed by atoms with van der Waals surface area (Å²) in [7, 11) is 0. The topological polar surface area (TPSA) is 26.0 Å². The van der Waals surface area contributed by atoms with E-state index >= 15 is 0 Å². The molecule has 0 spiro atoms. The van der Waals surface area contributed by atoms with Gasteiger partial charge in [0.1, 0.15) is 5.76 Å². The maximum absolute atomic E-state index is 6.36. The molecular weight excluding hydrogens is 426 g/mol. The fourth-order valence-corrected chi connectivity index (χ4v) is 4.35. The molecule has 2 heterocycles. The summed E-state index contributed by atoms with van der Waals surface area (Å²) in [5, 5.41) is 1.02. The third-order valence-corrected chi connectivity index (χ3v) is 6.60. The lowest BCUT2D eigenvalue weighted by molar-refractivity contribution is 0.567. The van der Waals surface area contributed by atoms with Crippen LogP contribution in [0.25, 0.3) is 44.8 Å². The van der Waals surface area contributed by atoms with E-state index in [2.05, 4.69) is 126 Å². The first kappa shape index (κ1) is 23.1. The molecule has 0 saturated carbocycles. The Balaban J connectivity index is 1.57. The molecule has 0 atom stereocenters. The van der Waals surface area contributed by atoms with Crippen molar-refractivity contribution in [2.24, 2.45) is 0 Å². The molecule has 0 bridgehead atoms. The van der Waals surface area contributed by atoms with Crippen LogP contribution in [0.4, 0.5) is 0 Å². The Kier molecular flexibility index (Phi) is 5.63. The quantitative estimate of drug-likeness (QED) is 0.268. The summed E-state index contributed by atoms with van der Waals surface area (Å²) in [6.45, 7) is 13.6. The number of nitrogens with zero attached hydrogens (tertiary/aromatic N) is 1. The highest BCUT2D eigenvalue weighted by molar-refractivity contribution is 5.83. The van der Waals surface area contributed by atoms with Gasteiger partial charge in [-0.15, -0.1) is 0 Å². The summed E-state index contributed by atoms with van der Waals surface area (Å²) >= 11 is 0. The van der Waals surface area contributed by atoms with E-state index in [9.17, 15) is 0 Å². The number of hydrogen-bond donors (Lipinski definition) is 0. The van der Waals surface area contributed by atoms with Crippen LogP contribution in [0.3, 0.4) is 0 Å². The van der Waals surface area contributed by atoms with Gasteiger partial charge in [-0.3, -0.25) is 0 Å². The van der Waals surface area contributed by atoms with E-state index in [1.807, 2.05) is 6.07 Å². The third-order valence-electron chi connectivity index (χ3n) is 6.60. The molecule has 3 aromatic carbocycles. The highest BCUT2D eigenvalue weighted by Crippen LogP contribution is 2.36. The first-order chi connectivity index (χ1) is 16.6. The molecule has 2 nitrogen and oxygen atoms in total. The van der Waals surface area contributed by atoms with E-state index in [1.54, 1.807) is 0 Å². The van der Waals surface area contributed by atoms with Crippen molar-refractivity contribution in [2.45, 2.75) is 52.4 Å². The SMILES string of the molecule is CC(C)(C)c1cc(-c2cc3ccc(-c4cccc(-c5ccccc5)c4)nc3o2)cc(C(C)(C)C)c1. The van der Waals surface area contributed by atoms with Crippen molar-refractivity contribution >= 4 is 11.1 Å². The molecule has 0 aliphatic heterocycles. The van der Waals surface area contributed by atoms with Crippen molar-refractivity contribution in [3.63, 3.8) is 0 Å². The number of rotatable bonds is 3. The van der Waals surface area contributed by atoms with E-state index in [1.165, 1.54) is 22.3 Å². The van der Waals surface area contributed by atoms with Crippen molar-refractivity contribution in [1.82, 2.24) is 4.98 Å². The number of aromatic nitrogens is 1. The highest BCUT2D eigenvalue weighted by Gasteiger charge is 2.22. The number of fused-ring (bicyclic) bond motifs is 1. The van der Waals surface area contributed by atoms with E-state index in [4.69, 9.17) is 9.40 Å². The Bertz CT molecular complexity index is 1460. The second-order valence-electron chi connectivity index (χ2n) is 11.4. The van der Waals surface area contributed by atoms with Crippen LogP contribution < -0.4 is 0 Å². The summed E-state index contributed by atoms with van der Waals surface area (Å²) in [6.07, 6.45) is 0. The van der Waals surface area contributed by atoms with Crippen LogP contribution in [-0.4, -0.2) is 4.98 Å². The minimum atomic E-state index is 0.0528. The molecule has 0 radical (unpaired) electrons. The fourth-order valence-electron chi connectivity index (χ4n) is 4.35. The van der Waals surface area contributed by atoms with Crippen LogP contribution >= 0.6 is 0 Å². The Hall–Kier alpha value is -3.65. The molecular formula is C33H33NO. The number of furan rings is 1. The van der Waals surface area contributed by atoms with Crippen LogP contribution in [-0.2, 0) is 10.8 Å². The number of benzene rings is 3. The van der Waals surface area contributed by atoms with Crippen molar-refractivity contribution in [3.05, 3.63) is 102 Å². The summed E-state index contributed by atoms with van der Waals surface area (Å²) in [6, 6.07) is 32.1. The lowest BCUT2D eigenvalue weighted by atomic mass is 9.79. The molecule has 35 heavy (non-hydrogen) atoms. The van der Waals surface area contributed by atoms with Crippen LogP contribution in [0.15, 0.2) is 95.4 Å². The normalized spacial score (nSPS) is 12.3. The van der Waals surface area contributed by atoms with Crippen LogP contribution in [0.5, 0.6) is 0 Å². The van der Waals surface area contributed by atoms with Gasteiger partial charge in [-0.2, -0.15) is 0 Å². The van der Waals surface area contributed by atoms with Gasteiger partial charge in [0.2, 0.25) is 5.71 Å². The fraction of sp³-hybridized carbons (Fsp3) is 0.242. The molecule has 176 valence electrons. The highest BCUT2D eigenvalue weighted by atomic mass is 16.3. The smallest absolute Gasteiger partial charge is 0.227 e. The molecule has 5 rings (SSSR count). The minimum absolute atomic E-state index is 0.0528. The zero-order chi connectivity index (χ0) is 24.8. The van der Waals surface area contributed by atoms with Crippen molar-refractivity contribution in [3.8, 4) is 33.7 Å². The van der Waals surface area contributed by atoms with Crippen LogP contribution in [0, 0.1) is 0 Å². The van der Waals surface area contributed by atoms with Crippen molar-refractivity contribution in [2.75, 3.05) is 0 Å². The molecule has 0 amide bonds. The zero-order valence-corrected chi connectivity index (χ0v) is 21.5. The molecule has 0 saturated heterocycles. The Morgan fingerprint density at radius 2 is 1.17 bits per heavy atom. The van der Waals surface area contributed by atoms with Gasteiger partial charge >= 0.3 is 0 Å². The number of hydrogen-bond acceptors (Lipinski definition) is 2. The first-order valence-electron chi connectivity index (χ1n) is 12.3. The Labute approximate surface area is 208 Å². The molecule has 0 N–H and O–H groups in total. The third kappa shape index (κ3) is 4.79. The molecule has 5 aromatic rings. The maximum Gasteiger partial charge on any atom is 0.227 e. The summed E-state index contributed by atoms with van der Waals surface area (Å²) < 4.78 is 6.36. The standard InChI is InChI=1S/C33H33NO/c1-32(2,3)27-18-26(19-28(21-27)33(4,5)6)30-20-25-15-16-29(34-31(25)35-30)24-14-10-13-23(17-24)22-11-8-7-9-12-22/h7-21H,1-6H3. The Morgan fingerprint density at radius 3 is 1.83 bits per heavy atom. The molecule has 0 aliphatic carbocycles. The lowest BCUT2D eigenvalue weighted by Crippen LogP contribution is -2.16. The van der Waals surface area contributed by atoms with Gasteiger partial charge in [0, 0.05) is 16.5 Å². The van der Waals surface area contributed by atoms with Gasteiger partial charge in [-0.1, -0.05) is 96.1 Å². The monoisotopic (exact) mass is 459 g/mol. The van der Waals surface area contributed by atoms with Crippen LogP contribution in [0.2, 0.25) is 0 Å². The number of pyridine rings is 1. The van der Waals surface area contributed by atoms with E-state index in [0.717, 1.165) is 28.0 Å². The molecule has 0 fully saturated rings. The second-order valence-corrected chi connectivity index (χ2v) is 11.4. The average molecular weight is 460 g/mol. The molecule has 0 unspecified atom stereocenters.